The van der Waals surface area contributed by atoms with Crippen molar-refractivity contribution in [3.8, 4) is 45.3 Å². The predicted octanol–water partition coefficient (Wildman–Crippen LogP) is 8.94. The van der Waals surface area contributed by atoms with E-state index in [1.165, 1.54) is 0 Å². The van der Waals surface area contributed by atoms with Crippen molar-refractivity contribution in [3.05, 3.63) is 134 Å². The summed E-state index contributed by atoms with van der Waals surface area (Å²) in [7, 11) is 0. The molecule has 18 heteroatoms. The van der Waals surface area contributed by atoms with Crippen molar-refractivity contribution >= 4 is 45.6 Å². The molecule has 0 radical (unpaired) electrons. The highest BCUT2D eigenvalue weighted by Gasteiger charge is 2.33. The molecule has 2 saturated carbocycles. The largest absolute Gasteiger partial charge is 0.457 e. The lowest BCUT2D eigenvalue weighted by Gasteiger charge is -2.42. The Balaban J connectivity index is 0.000000162. The van der Waals surface area contributed by atoms with Crippen LogP contribution in [-0.2, 0) is 0 Å². The molecule has 2 aliphatic heterocycles. The van der Waals surface area contributed by atoms with Gasteiger partial charge in [-0.3, -0.25) is 20.6 Å². The van der Waals surface area contributed by atoms with Gasteiger partial charge in [-0.05, 0) is 111 Å². The Morgan fingerprint density at radius 2 is 0.750 bits per heavy atom. The van der Waals surface area contributed by atoms with Crippen LogP contribution in [0.1, 0.15) is 63.5 Å². The molecule has 0 atom stereocenters. The number of rotatable bonds is 10. The van der Waals surface area contributed by atoms with Crippen molar-refractivity contribution in [1.29, 1.82) is 10.8 Å². The molecule has 4 aromatic heterocycles. The second kappa shape index (κ2) is 22.3. The molecule has 18 nitrogen and oxygen atoms in total. The van der Waals surface area contributed by atoms with Gasteiger partial charge in [-0.25, -0.2) is 19.9 Å². The number of ether oxygens (including phenoxy) is 2. The molecule has 10 N–H and O–H groups in total. The summed E-state index contributed by atoms with van der Waals surface area (Å²) in [4.78, 5) is 27.0. The first-order valence-electron chi connectivity index (χ1n) is 26.7. The Morgan fingerprint density at radius 3 is 1.09 bits per heavy atom. The van der Waals surface area contributed by atoms with Crippen molar-refractivity contribution in [2.75, 3.05) is 63.8 Å². The van der Waals surface area contributed by atoms with Gasteiger partial charge in [0.05, 0.1) is 10.8 Å². The fourth-order valence-electron chi connectivity index (χ4n) is 11.9. The van der Waals surface area contributed by atoms with Gasteiger partial charge in [-0.1, -0.05) is 60.7 Å². The zero-order valence-corrected chi connectivity index (χ0v) is 42.9. The van der Waals surface area contributed by atoms with E-state index in [4.69, 9.17) is 43.2 Å². The Labute approximate surface area is 443 Å². The van der Waals surface area contributed by atoms with Crippen LogP contribution in [0.15, 0.2) is 134 Å². The summed E-state index contributed by atoms with van der Waals surface area (Å²) in [6, 6.07) is 37.7. The molecular formula is C58H68N16O2. The molecule has 76 heavy (non-hydrogen) atoms. The molecule has 6 heterocycles. The van der Waals surface area contributed by atoms with Crippen LogP contribution < -0.4 is 32.4 Å². The number of guanidine groups is 2. The van der Waals surface area contributed by atoms with Gasteiger partial charge >= 0.3 is 0 Å². The van der Waals surface area contributed by atoms with Crippen LogP contribution in [0.2, 0.25) is 0 Å². The third-order valence-corrected chi connectivity index (χ3v) is 16.0. The van der Waals surface area contributed by atoms with E-state index < -0.39 is 0 Å². The molecule has 0 unspecified atom stereocenters. The number of piperazine rings is 2. The molecular weight excluding hydrogens is 953 g/mol. The average Bonchev–Trinajstić information content (AvgIpc) is 4.06. The Kier molecular flexibility index (Phi) is 14.7. The zero-order chi connectivity index (χ0) is 52.1. The number of para-hydroxylation sites is 2. The van der Waals surface area contributed by atoms with Gasteiger partial charge in [0.25, 0.3) is 0 Å². The molecule has 12 rings (SSSR count). The second-order valence-electron chi connectivity index (χ2n) is 20.4. The first-order valence-corrected chi connectivity index (χ1v) is 26.7. The van der Waals surface area contributed by atoms with Gasteiger partial charge in [0.15, 0.2) is 11.9 Å². The van der Waals surface area contributed by atoms with E-state index >= 15 is 0 Å². The molecule has 4 aromatic carbocycles. The fourth-order valence-corrected chi connectivity index (χ4v) is 11.9. The fraction of sp³-hybridized carbons (Fsp3) is 0.345. The number of hydrogen-bond donors (Lipinski definition) is 6. The van der Waals surface area contributed by atoms with Crippen LogP contribution in [0.25, 0.3) is 44.3 Å². The number of benzene rings is 4. The summed E-state index contributed by atoms with van der Waals surface area (Å²) in [6.07, 6.45) is 16.5. The number of nitrogen functional groups attached to an aromatic ring is 2. The maximum Gasteiger partial charge on any atom is 0.188 e. The third kappa shape index (κ3) is 10.8. The minimum Gasteiger partial charge on any atom is -0.457 e. The van der Waals surface area contributed by atoms with Crippen LogP contribution in [0.4, 0.5) is 11.6 Å². The molecule has 0 spiro atoms. The summed E-state index contributed by atoms with van der Waals surface area (Å²) in [5.41, 5.74) is 30.2. The normalized spacial score (nSPS) is 20.5. The smallest absolute Gasteiger partial charge is 0.188 e. The van der Waals surface area contributed by atoms with E-state index in [1.807, 2.05) is 94.7 Å². The van der Waals surface area contributed by atoms with Crippen LogP contribution >= 0.6 is 0 Å². The number of anilines is 2. The predicted molar refractivity (Wildman–Crippen MR) is 300 cm³/mol. The van der Waals surface area contributed by atoms with E-state index in [9.17, 15) is 0 Å². The van der Waals surface area contributed by atoms with E-state index in [-0.39, 0.29) is 11.9 Å². The highest BCUT2D eigenvalue weighted by molar-refractivity contribution is 6.01. The topological polar surface area (TPSA) is 245 Å². The first-order chi connectivity index (χ1) is 37.1. The SMILES string of the molecule is N=C(N)N1CCN(C2CCC(n3cc(-c4ccc(Oc5ccccc5)cc4)c4c(N)ncnc43)CC2)CC1.N=C(N)N1CCN(C2CCC(n3cc(-c4ccc(Oc5ccccc5)cc4)c4c(N)ncnc43)CC2)CC1. The Bertz CT molecular complexity index is 3020. The van der Waals surface area contributed by atoms with E-state index in [0.717, 1.165) is 171 Å². The van der Waals surface area contributed by atoms with Crippen molar-refractivity contribution in [2.45, 2.75) is 75.5 Å². The van der Waals surface area contributed by atoms with Crippen molar-refractivity contribution in [1.82, 2.24) is 48.7 Å². The van der Waals surface area contributed by atoms with Gasteiger partial charge in [0.1, 0.15) is 58.6 Å². The summed E-state index contributed by atoms with van der Waals surface area (Å²) in [5, 5.41) is 17.2. The molecule has 0 amide bonds. The highest BCUT2D eigenvalue weighted by Crippen LogP contribution is 2.42. The van der Waals surface area contributed by atoms with Gasteiger partial charge in [0, 0.05) is 100 Å². The number of nitrogens with two attached hydrogens (primary N) is 4. The molecule has 4 fully saturated rings. The number of hydrogen-bond acceptors (Lipinski definition) is 12. The summed E-state index contributed by atoms with van der Waals surface area (Å²) in [5.74, 6) is 4.57. The molecule has 8 aromatic rings. The lowest BCUT2D eigenvalue weighted by Crippen LogP contribution is -2.54. The van der Waals surface area contributed by atoms with E-state index in [0.29, 0.717) is 35.8 Å². The van der Waals surface area contributed by atoms with Gasteiger partial charge in [-0.15, -0.1) is 0 Å². The lowest BCUT2D eigenvalue weighted by molar-refractivity contribution is 0.0960. The van der Waals surface area contributed by atoms with Crippen LogP contribution in [0, 0.1) is 10.8 Å². The minimum absolute atomic E-state index is 0.184. The summed E-state index contributed by atoms with van der Waals surface area (Å²) in [6.45, 7) is 7.24. The zero-order valence-electron chi connectivity index (χ0n) is 42.9. The Morgan fingerprint density at radius 1 is 0.421 bits per heavy atom. The van der Waals surface area contributed by atoms with Crippen LogP contribution in [-0.4, -0.2) is 125 Å². The standard InChI is InChI=1S/2C29H34N8O/c2*30-27-26-25(20-6-12-24(13-7-20)38-23-4-2-1-3-5-23)18-37(28(26)34-19-33-27)22-10-8-21(9-11-22)35-14-16-36(17-15-35)29(31)32/h2*1-7,12-13,18-19,21-22H,8-11,14-17H2,(H3,31,32)(H2,30,33,34). The number of nitrogens with zero attached hydrogens (tertiary/aromatic N) is 10. The van der Waals surface area contributed by atoms with Crippen LogP contribution in [0.3, 0.4) is 0 Å². The Hall–Kier alpha value is -8.22. The van der Waals surface area contributed by atoms with Crippen molar-refractivity contribution in [2.24, 2.45) is 11.5 Å². The quantitative estimate of drug-likeness (QED) is 0.0553. The lowest BCUT2D eigenvalue weighted by atomic mass is 9.89. The average molecular weight is 1020 g/mol. The second-order valence-corrected chi connectivity index (χ2v) is 20.4. The minimum atomic E-state index is 0.184. The molecule has 2 saturated heterocycles. The monoisotopic (exact) mass is 1020 g/mol. The van der Waals surface area contributed by atoms with Crippen molar-refractivity contribution < 1.29 is 9.47 Å². The summed E-state index contributed by atoms with van der Waals surface area (Å²) >= 11 is 0. The molecule has 0 bridgehead atoms. The van der Waals surface area contributed by atoms with Crippen LogP contribution in [0.5, 0.6) is 23.0 Å². The molecule has 2 aliphatic carbocycles. The van der Waals surface area contributed by atoms with Gasteiger partial charge in [-0.2, -0.15) is 0 Å². The molecule has 4 aliphatic rings. The number of fused-ring (bicyclic) bond motifs is 2. The maximum atomic E-state index is 7.68. The van der Waals surface area contributed by atoms with Gasteiger partial charge < -0.3 is 51.3 Å². The van der Waals surface area contributed by atoms with Crippen molar-refractivity contribution in [3.63, 3.8) is 0 Å². The number of nitrogens with one attached hydrogen (secondary N) is 2. The van der Waals surface area contributed by atoms with E-state index in [1.54, 1.807) is 12.7 Å². The van der Waals surface area contributed by atoms with E-state index in [2.05, 4.69) is 75.5 Å². The highest BCUT2D eigenvalue weighted by atomic mass is 16.5. The first kappa shape index (κ1) is 50.0. The molecule has 392 valence electrons. The third-order valence-electron chi connectivity index (χ3n) is 16.0. The van der Waals surface area contributed by atoms with Gasteiger partial charge in [0.2, 0.25) is 0 Å². The maximum absolute atomic E-state index is 7.68. The summed E-state index contributed by atoms with van der Waals surface area (Å²) < 4.78 is 16.6. The number of aromatic nitrogens is 6.